The van der Waals surface area contributed by atoms with Crippen molar-refractivity contribution in [1.82, 2.24) is 14.1 Å². The van der Waals surface area contributed by atoms with Gasteiger partial charge in [-0.05, 0) is 18.1 Å². The Morgan fingerprint density at radius 3 is 2.46 bits per heavy atom. The van der Waals surface area contributed by atoms with Gasteiger partial charge in [0, 0.05) is 33.4 Å². The minimum atomic E-state index is -0.415. The highest BCUT2D eigenvalue weighted by Gasteiger charge is 2.20. The maximum atomic E-state index is 12.9. The standard InChI is InChI=1S/C19H22N4O3/c1-13-11-20-17-15(18(25)22(3)19(26)21(17)2)16(13)23(9-10-24)12-14-7-5-4-6-8-14/h4-8,11,24H,9-10,12H2,1-3H3. The van der Waals surface area contributed by atoms with Crippen molar-refractivity contribution in [2.75, 3.05) is 18.1 Å². The van der Waals surface area contributed by atoms with Crippen molar-refractivity contribution < 1.29 is 5.11 Å². The third kappa shape index (κ3) is 3.01. The van der Waals surface area contributed by atoms with E-state index in [4.69, 9.17) is 0 Å². The van der Waals surface area contributed by atoms with Crippen LogP contribution >= 0.6 is 0 Å². The van der Waals surface area contributed by atoms with E-state index < -0.39 is 5.69 Å². The second-order valence-electron chi connectivity index (χ2n) is 6.32. The zero-order chi connectivity index (χ0) is 18.8. The fraction of sp³-hybridized carbons (Fsp3) is 0.316. The van der Waals surface area contributed by atoms with Gasteiger partial charge in [0.15, 0.2) is 5.65 Å². The summed E-state index contributed by atoms with van der Waals surface area (Å²) in [6, 6.07) is 9.84. The largest absolute Gasteiger partial charge is 0.395 e. The van der Waals surface area contributed by atoms with Crippen molar-refractivity contribution in [3.05, 3.63) is 68.5 Å². The summed E-state index contributed by atoms with van der Waals surface area (Å²) in [5.41, 5.74) is 2.12. The lowest BCUT2D eigenvalue weighted by molar-refractivity contribution is 0.301. The summed E-state index contributed by atoms with van der Waals surface area (Å²) in [6.07, 6.45) is 1.66. The number of benzene rings is 1. The van der Waals surface area contributed by atoms with E-state index in [9.17, 15) is 14.7 Å². The smallest absolute Gasteiger partial charge is 0.332 e. The van der Waals surface area contributed by atoms with Crippen LogP contribution in [0.1, 0.15) is 11.1 Å². The lowest BCUT2D eigenvalue weighted by atomic mass is 10.1. The fourth-order valence-electron chi connectivity index (χ4n) is 3.21. The molecule has 0 aliphatic carbocycles. The second-order valence-corrected chi connectivity index (χ2v) is 6.32. The number of aryl methyl sites for hydroxylation is 2. The molecule has 0 radical (unpaired) electrons. The van der Waals surface area contributed by atoms with E-state index in [2.05, 4.69) is 4.98 Å². The Labute approximate surface area is 150 Å². The summed E-state index contributed by atoms with van der Waals surface area (Å²) < 4.78 is 2.46. The molecule has 1 N–H and O–H groups in total. The molecule has 26 heavy (non-hydrogen) atoms. The maximum absolute atomic E-state index is 12.9. The summed E-state index contributed by atoms with van der Waals surface area (Å²) in [7, 11) is 3.06. The van der Waals surface area contributed by atoms with Gasteiger partial charge in [-0.15, -0.1) is 0 Å². The number of pyridine rings is 1. The minimum absolute atomic E-state index is 0.0534. The average Bonchev–Trinajstić information content (AvgIpc) is 2.65. The van der Waals surface area contributed by atoms with Crippen molar-refractivity contribution in [3.8, 4) is 0 Å². The Morgan fingerprint density at radius 1 is 1.12 bits per heavy atom. The topological polar surface area (TPSA) is 80.4 Å². The predicted octanol–water partition coefficient (Wildman–Crippen LogP) is 0.940. The maximum Gasteiger partial charge on any atom is 0.332 e. The van der Waals surface area contributed by atoms with Crippen LogP contribution in [-0.2, 0) is 20.6 Å². The van der Waals surface area contributed by atoms with Crippen molar-refractivity contribution in [2.45, 2.75) is 13.5 Å². The van der Waals surface area contributed by atoms with Gasteiger partial charge in [-0.25, -0.2) is 9.78 Å². The van der Waals surface area contributed by atoms with Gasteiger partial charge in [-0.3, -0.25) is 13.9 Å². The van der Waals surface area contributed by atoms with E-state index in [1.165, 1.54) is 11.6 Å². The molecule has 0 spiro atoms. The molecule has 0 unspecified atom stereocenters. The van der Waals surface area contributed by atoms with E-state index >= 15 is 0 Å². The van der Waals surface area contributed by atoms with Gasteiger partial charge in [0.2, 0.25) is 0 Å². The van der Waals surface area contributed by atoms with E-state index in [1.54, 1.807) is 13.2 Å². The molecule has 0 saturated heterocycles. The van der Waals surface area contributed by atoms with Crippen molar-refractivity contribution in [2.24, 2.45) is 14.1 Å². The molecular weight excluding hydrogens is 332 g/mol. The van der Waals surface area contributed by atoms with Crippen LogP contribution < -0.4 is 16.1 Å². The van der Waals surface area contributed by atoms with Crippen LogP contribution in [0.15, 0.2) is 46.1 Å². The molecule has 7 heteroatoms. The summed E-state index contributed by atoms with van der Waals surface area (Å²) >= 11 is 0. The molecule has 1 aromatic carbocycles. The molecule has 0 fully saturated rings. The van der Waals surface area contributed by atoms with Gasteiger partial charge in [0.05, 0.1) is 12.3 Å². The third-order valence-electron chi connectivity index (χ3n) is 4.53. The number of aliphatic hydroxyl groups is 1. The summed E-state index contributed by atoms with van der Waals surface area (Å²) in [5, 5.41) is 9.95. The number of aliphatic hydroxyl groups excluding tert-OH is 1. The van der Waals surface area contributed by atoms with E-state index in [0.29, 0.717) is 29.8 Å². The lowest BCUT2D eigenvalue weighted by Gasteiger charge is -2.27. The van der Waals surface area contributed by atoms with Crippen LogP contribution in [0.3, 0.4) is 0 Å². The first-order valence-corrected chi connectivity index (χ1v) is 8.40. The average molecular weight is 354 g/mol. The molecule has 0 amide bonds. The van der Waals surface area contributed by atoms with E-state index in [-0.39, 0.29) is 12.2 Å². The fourth-order valence-corrected chi connectivity index (χ4v) is 3.21. The Kier molecular flexibility index (Phi) is 4.90. The van der Waals surface area contributed by atoms with Gasteiger partial charge in [0.1, 0.15) is 5.39 Å². The second kappa shape index (κ2) is 7.13. The quantitative estimate of drug-likeness (QED) is 0.738. The highest BCUT2D eigenvalue weighted by Crippen LogP contribution is 2.27. The molecule has 2 aromatic heterocycles. The number of hydrogen-bond donors (Lipinski definition) is 1. The summed E-state index contributed by atoms with van der Waals surface area (Å²) in [4.78, 5) is 31.3. The van der Waals surface area contributed by atoms with Crippen LogP contribution in [0, 0.1) is 6.92 Å². The van der Waals surface area contributed by atoms with Crippen molar-refractivity contribution in [3.63, 3.8) is 0 Å². The lowest BCUT2D eigenvalue weighted by Crippen LogP contribution is -2.38. The normalized spacial score (nSPS) is 11.1. The van der Waals surface area contributed by atoms with Crippen LogP contribution in [0.25, 0.3) is 11.0 Å². The van der Waals surface area contributed by atoms with E-state index in [0.717, 1.165) is 15.7 Å². The number of fused-ring (bicyclic) bond motifs is 1. The number of hydrogen-bond acceptors (Lipinski definition) is 5. The molecule has 2 heterocycles. The van der Waals surface area contributed by atoms with Crippen molar-refractivity contribution in [1.29, 1.82) is 0 Å². The number of anilines is 1. The zero-order valence-corrected chi connectivity index (χ0v) is 15.1. The van der Waals surface area contributed by atoms with Crippen LogP contribution in [-0.4, -0.2) is 32.4 Å². The summed E-state index contributed by atoms with van der Waals surface area (Å²) in [5.74, 6) is 0. The molecule has 0 bridgehead atoms. The molecule has 0 aliphatic heterocycles. The first kappa shape index (κ1) is 17.9. The molecule has 136 valence electrons. The van der Waals surface area contributed by atoms with E-state index in [1.807, 2.05) is 42.2 Å². The van der Waals surface area contributed by atoms with Crippen molar-refractivity contribution >= 4 is 16.7 Å². The predicted molar refractivity (Wildman–Crippen MR) is 102 cm³/mol. The van der Waals surface area contributed by atoms with Crippen LogP contribution in [0.2, 0.25) is 0 Å². The first-order chi connectivity index (χ1) is 12.5. The third-order valence-corrected chi connectivity index (χ3v) is 4.53. The van der Waals surface area contributed by atoms with Crippen LogP contribution in [0.4, 0.5) is 5.69 Å². The Bertz CT molecular complexity index is 1050. The molecular formula is C19H22N4O3. The highest BCUT2D eigenvalue weighted by atomic mass is 16.3. The zero-order valence-electron chi connectivity index (χ0n) is 15.1. The molecule has 7 nitrogen and oxygen atoms in total. The molecule has 0 saturated carbocycles. The summed E-state index contributed by atoms with van der Waals surface area (Å²) in [6.45, 7) is 2.72. The number of rotatable bonds is 5. The van der Waals surface area contributed by atoms with Gasteiger partial charge in [-0.1, -0.05) is 30.3 Å². The molecule has 3 aromatic rings. The number of aromatic nitrogens is 3. The Balaban J connectivity index is 2.29. The van der Waals surface area contributed by atoms with Gasteiger partial charge < -0.3 is 10.0 Å². The monoisotopic (exact) mass is 354 g/mol. The molecule has 0 aliphatic rings. The van der Waals surface area contributed by atoms with Gasteiger partial charge >= 0.3 is 5.69 Å². The Morgan fingerprint density at radius 2 is 1.81 bits per heavy atom. The first-order valence-electron chi connectivity index (χ1n) is 8.40. The van der Waals surface area contributed by atoms with Crippen LogP contribution in [0.5, 0.6) is 0 Å². The molecule has 0 atom stereocenters. The van der Waals surface area contributed by atoms with Gasteiger partial charge in [0.25, 0.3) is 5.56 Å². The number of nitrogens with zero attached hydrogens (tertiary/aromatic N) is 4. The SMILES string of the molecule is Cc1cnc2c(c1N(CCO)Cc1ccccc1)c(=O)n(C)c(=O)n2C. The Hall–Kier alpha value is -2.93. The van der Waals surface area contributed by atoms with Gasteiger partial charge in [-0.2, -0.15) is 0 Å². The highest BCUT2D eigenvalue weighted by molar-refractivity contribution is 5.90. The minimum Gasteiger partial charge on any atom is -0.395 e. The molecule has 3 rings (SSSR count).